The van der Waals surface area contributed by atoms with Crippen molar-refractivity contribution in [2.24, 2.45) is 5.14 Å². The highest BCUT2D eigenvalue weighted by Crippen LogP contribution is 2.09. The molecule has 140 valence electrons. The topological polar surface area (TPSA) is 101 Å². The molecular weight excluding hydrogens is 350 g/mol. The van der Waals surface area contributed by atoms with Gasteiger partial charge in [-0.1, -0.05) is 42.5 Å². The van der Waals surface area contributed by atoms with Gasteiger partial charge in [-0.05, 0) is 49.4 Å². The lowest BCUT2D eigenvalue weighted by atomic mass is 10.1. The molecule has 0 bridgehead atoms. The Bertz CT molecular complexity index is 806. The highest BCUT2D eigenvalue weighted by atomic mass is 32.2. The highest BCUT2D eigenvalue weighted by molar-refractivity contribution is 7.89. The minimum absolute atomic E-state index is 0.0734. The fourth-order valence-corrected chi connectivity index (χ4v) is 3.06. The fourth-order valence-electron chi connectivity index (χ4n) is 2.54. The Morgan fingerprint density at radius 2 is 1.62 bits per heavy atom. The first-order chi connectivity index (χ1) is 12.3. The Morgan fingerprint density at radius 3 is 2.23 bits per heavy atom. The summed E-state index contributed by atoms with van der Waals surface area (Å²) in [7, 11) is -3.67. The number of hydrogen-bond acceptors (Lipinski definition) is 3. The van der Waals surface area contributed by atoms with Crippen LogP contribution in [0, 0.1) is 0 Å². The van der Waals surface area contributed by atoms with Crippen molar-refractivity contribution in [3.05, 3.63) is 65.7 Å². The first kappa shape index (κ1) is 19.9. The van der Waals surface area contributed by atoms with Crippen LogP contribution in [-0.2, 0) is 22.9 Å². The minimum Gasteiger partial charge on any atom is -0.338 e. The number of aryl methyl sites for hydroxylation is 1. The summed E-state index contributed by atoms with van der Waals surface area (Å²) in [6, 6.07) is 16.4. The van der Waals surface area contributed by atoms with Crippen molar-refractivity contribution in [3.8, 4) is 0 Å². The number of primary sulfonamides is 1. The molecule has 0 radical (unpaired) electrons. The van der Waals surface area contributed by atoms with Crippen LogP contribution in [0.2, 0.25) is 0 Å². The molecule has 1 unspecified atom stereocenters. The van der Waals surface area contributed by atoms with Gasteiger partial charge in [0.25, 0.3) is 0 Å². The second kappa shape index (κ2) is 9.35. The number of nitrogens with two attached hydrogens (primary N) is 1. The van der Waals surface area contributed by atoms with E-state index in [4.69, 9.17) is 5.14 Å². The van der Waals surface area contributed by atoms with Crippen molar-refractivity contribution in [1.82, 2.24) is 10.6 Å². The highest BCUT2D eigenvalue weighted by Gasteiger charge is 2.08. The van der Waals surface area contributed by atoms with Crippen LogP contribution in [0.15, 0.2) is 59.5 Å². The van der Waals surface area contributed by atoms with Crippen LogP contribution < -0.4 is 15.8 Å². The first-order valence-electron chi connectivity index (χ1n) is 8.54. The van der Waals surface area contributed by atoms with Crippen LogP contribution in [0.4, 0.5) is 4.79 Å². The van der Waals surface area contributed by atoms with Crippen molar-refractivity contribution in [2.75, 3.05) is 6.54 Å². The van der Waals surface area contributed by atoms with E-state index in [0.717, 1.165) is 18.4 Å². The van der Waals surface area contributed by atoms with Gasteiger partial charge >= 0.3 is 6.03 Å². The monoisotopic (exact) mass is 375 g/mol. The quantitative estimate of drug-likeness (QED) is 0.659. The van der Waals surface area contributed by atoms with Crippen molar-refractivity contribution in [3.63, 3.8) is 0 Å². The molecule has 1 atom stereocenters. The molecule has 2 amide bonds. The summed E-state index contributed by atoms with van der Waals surface area (Å²) >= 11 is 0. The van der Waals surface area contributed by atoms with Crippen molar-refractivity contribution in [2.45, 2.75) is 37.1 Å². The number of carbonyl (C=O) groups excluding carboxylic acids is 1. The molecule has 0 aliphatic heterocycles. The molecule has 4 N–H and O–H groups in total. The molecule has 0 aliphatic rings. The predicted octanol–water partition coefficient (Wildman–Crippen LogP) is 2.20. The number of nitrogens with one attached hydrogen (secondary N) is 2. The van der Waals surface area contributed by atoms with E-state index in [2.05, 4.69) is 22.8 Å². The van der Waals surface area contributed by atoms with Gasteiger partial charge in [-0.2, -0.15) is 0 Å². The average Bonchev–Trinajstić information content (AvgIpc) is 2.60. The maximum absolute atomic E-state index is 11.9. The second-order valence-corrected chi connectivity index (χ2v) is 7.83. The van der Waals surface area contributed by atoms with E-state index in [1.807, 2.05) is 25.1 Å². The van der Waals surface area contributed by atoms with Crippen LogP contribution in [0.5, 0.6) is 0 Å². The summed E-state index contributed by atoms with van der Waals surface area (Å²) in [5, 5.41) is 10.8. The molecule has 0 heterocycles. The normalized spacial score (nSPS) is 12.4. The molecule has 2 aromatic rings. The van der Waals surface area contributed by atoms with E-state index in [-0.39, 0.29) is 17.0 Å². The maximum Gasteiger partial charge on any atom is 0.315 e. The minimum atomic E-state index is -3.67. The van der Waals surface area contributed by atoms with Gasteiger partial charge in [0.15, 0.2) is 0 Å². The third kappa shape index (κ3) is 6.85. The molecule has 0 saturated carbocycles. The van der Waals surface area contributed by atoms with E-state index in [9.17, 15) is 13.2 Å². The molecule has 6 nitrogen and oxygen atoms in total. The standard InChI is InChI=1S/C19H25N3O3S/c1-15(7-8-16-5-3-2-4-6-16)22-19(23)21-14-13-17-9-11-18(12-10-17)26(20,24)25/h2-6,9-12,15H,7-8,13-14H2,1H3,(H2,20,24,25)(H2,21,22,23). The SMILES string of the molecule is CC(CCc1ccccc1)NC(=O)NCCc1ccc(S(N)(=O)=O)cc1. The number of carbonyl (C=O) groups is 1. The van der Waals surface area contributed by atoms with Gasteiger partial charge in [0.2, 0.25) is 10.0 Å². The van der Waals surface area contributed by atoms with Gasteiger partial charge in [0.1, 0.15) is 0 Å². The zero-order chi connectivity index (χ0) is 19.0. The molecule has 0 aromatic heterocycles. The number of amides is 2. The number of urea groups is 1. The summed E-state index contributed by atoms with van der Waals surface area (Å²) in [6.45, 7) is 2.44. The summed E-state index contributed by atoms with van der Waals surface area (Å²) in [6.07, 6.45) is 2.39. The van der Waals surface area contributed by atoms with Gasteiger partial charge in [0, 0.05) is 12.6 Å². The van der Waals surface area contributed by atoms with Gasteiger partial charge in [-0.3, -0.25) is 0 Å². The van der Waals surface area contributed by atoms with Crippen LogP contribution in [0.3, 0.4) is 0 Å². The van der Waals surface area contributed by atoms with E-state index >= 15 is 0 Å². The molecule has 0 aliphatic carbocycles. The largest absolute Gasteiger partial charge is 0.338 e. The van der Waals surface area contributed by atoms with Gasteiger partial charge < -0.3 is 10.6 Å². The van der Waals surface area contributed by atoms with Crippen molar-refractivity contribution < 1.29 is 13.2 Å². The van der Waals surface area contributed by atoms with Crippen LogP contribution in [0.25, 0.3) is 0 Å². The summed E-state index contributed by atoms with van der Waals surface area (Å²) in [5.74, 6) is 0. The van der Waals surface area contributed by atoms with Crippen molar-refractivity contribution >= 4 is 16.1 Å². The Balaban J connectivity index is 1.68. The van der Waals surface area contributed by atoms with Gasteiger partial charge in [0.05, 0.1) is 4.90 Å². The maximum atomic E-state index is 11.9. The molecule has 2 aromatic carbocycles. The molecule has 26 heavy (non-hydrogen) atoms. The zero-order valence-electron chi connectivity index (χ0n) is 14.8. The van der Waals surface area contributed by atoms with Crippen LogP contribution in [-0.4, -0.2) is 27.0 Å². The van der Waals surface area contributed by atoms with Crippen LogP contribution >= 0.6 is 0 Å². The Kier molecular flexibility index (Phi) is 7.17. The van der Waals surface area contributed by atoms with Crippen LogP contribution in [0.1, 0.15) is 24.5 Å². The lowest BCUT2D eigenvalue weighted by Crippen LogP contribution is -2.41. The van der Waals surface area contributed by atoms with Gasteiger partial charge in [-0.15, -0.1) is 0 Å². The van der Waals surface area contributed by atoms with E-state index in [1.54, 1.807) is 12.1 Å². The summed E-state index contributed by atoms with van der Waals surface area (Å²) in [4.78, 5) is 12.0. The molecule has 2 rings (SSSR count). The molecular formula is C19H25N3O3S. The average molecular weight is 375 g/mol. The first-order valence-corrected chi connectivity index (χ1v) is 10.1. The van der Waals surface area contributed by atoms with E-state index < -0.39 is 10.0 Å². The lowest BCUT2D eigenvalue weighted by Gasteiger charge is -2.14. The van der Waals surface area contributed by atoms with Gasteiger partial charge in [-0.25, -0.2) is 18.4 Å². The molecule has 7 heteroatoms. The lowest BCUT2D eigenvalue weighted by molar-refractivity contribution is 0.237. The number of sulfonamides is 1. The van der Waals surface area contributed by atoms with E-state index in [0.29, 0.717) is 13.0 Å². The molecule has 0 spiro atoms. The van der Waals surface area contributed by atoms with Crippen molar-refractivity contribution in [1.29, 1.82) is 0 Å². The molecule has 0 fully saturated rings. The molecule has 0 saturated heterocycles. The number of rotatable bonds is 8. The Labute approximate surface area is 154 Å². The summed E-state index contributed by atoms with van der Waals surface area (Å²) in [5.41, 5.74) is 2.18. The Morgan fingerprint density at radius 1 is 1.00 bits per heavy atom. The number of benzene rings is 2. The van der Waals surface area contributed by atoms with E-state index in [1.165, 1.54) is 17.7 Å². The third-order valence-electron chi connectivity index (χ3n) is 4.04. The smallest absolute Gasteiger partial charge is 0.315 e. The number of hydrogen-bond donors (Lipinski definition) is 3. The zero-order valence-corrected chi connectivity index (χ0v) is 15.6. The fraction of sp³-hybridized carbons (Fsp3) is 0.316. The third-order valence-corrected chi connectivity index (χ3v) is 4.97. The second-order valence-electron chi connectivity index (χ2n) is 6.26. The predicted molar refractivity (Wildman–Crippen MR) is 102 cm³/mol. The summed E-state index contributed by atoms with van der Waals surface area (Å²) < 4.78 is 22.4. The Hall–Kier alpha value is -2.38.